The minimum atomic E-state index is 0.264. The van der Waals surface area contributed by atoms with Crippen LogP contribution >= 0.6 is 0 Å². The third kappa shape index (κ3) is 1.64. The first-order chi connectivity index (χ1) is 8.29. The van der Waals surface area contributed by atoms with Gasteiger partial charge in [-0.2, -0.15) is 0 Å². The summed E-state index contributed by atoms with van der Waals surface area (Å²) in [5.41, 5.74) is 7.21. The molecular formula is C11H15N5O. The number of aliphatic hydroxyl groups excluding tert-OH is 1. The number of nitrogen functional groups attached to an aromatic ring is 1. The smallest absolute Gasteiger partial charge is 0.165 e. The minimum absolute atomic E-state index is 0.264. The Balaban J connectivity index is 1.99. The number of aliphatic hydroxyl groups is 1. The molecule has 0 saturated heterocycles. The van der Waals surface area contributed by atoms with E-state index in [1.807, 2.05) is 0 Å². The fraction of sp³-hybridized carbons (Fsp3) is 0.545. The molecule has 0 amide bonds. The molecule has 2 atom stereocenters. The van der Waals surface area contributed by atoms with E-state index < -0.39 is 0 Å². The third-order valence-corrected chi connectivity index (χ3v) is 3.55. The second-order valence-corrected chi connectivity index (χ2v) is 4.60. The summed E-state index contributed by atoms with van der Waals surface area (Å²) < 4.78 is 2.06. The first-order valence-corrected chi connectivity index (χ1v) is 5.83. The molecule has 3 rings (SSSR count). The molecule has 1 saturated carbocycles. The van der Waals surface area contributed by atoms with E-state index in [0.717, 1.165) is 24.9 Å². The van der Waals surface area contributed by atoms with Gasteiger partial charge in [-0.15, -0.1) is 0 Å². The highest BCUT2D eigenvalue weighted by Crippen LogP contribution is 2.35. The number of hydrogen-bond donors (Lipinski definition) is 2. The molecule has 0 aliphatic heterocycles. The number of rotatable bonds is 2. The van der Waals surface area contributed by atoms with Gasteiger partial charge in [-0.3, -0.25) is 0 Å². The molecule has 3 N–H and O–H groups in total. The first-order valence-electron chi connectivity index (χ1n) is 5.83. The maximum Gasteiger partial charge on any atom is 0.165 e. The molecule has 1 fully saturated rings. The normalized spacial score (nSPS) is 24.5. The number of nitrogens with zero attached hydrogens (tertiary/aromatic N) is 4. The number of nitrogens with two attached hydrogens (primary N) is 1. The maximum atomic E-state index is 9.17. The van der Waals surface area contributed by atoms with Gasteiger partial charge in [-0.05, 0) is 25.2 Å². The van der Waals surface area contributed by atoms with E-state index in [-0.39, 0.29) is 6.61 Å². The fourth-order valence-corrected chi connectivity index (χ4v) is 2.60. The van der Waals surface area contributed by atoms with Crippen molar-refractivity contribution >= 4 is 17.0 Å². The van der Waals surface area contributed by atoms with Crippen LogP contribution in [0.2, 0.25) is 0 Å². The molecule has 2 aromatic rings. The van der Waals surface area contributed by atoms with Crippen molar-refractivity contribution in [2.75, 3.05) is 12.3 Å². The highest BCUT2D eigenvalue weighted by molar-refractivity contribution is 5.81. The summed E-state index contributed by atoms with van der Waals surface area (Å²) in [4.78, 5) is 12.4. The number of imidazole rings is 1. The van der Waals surface area contributed by atoms with Gasteiger partial charge in [0.1, 0.15) is 11.8 Å². The van der Waals surface area contributed by atoms with Crippen LogP contribution in [0.15, 0.2) is 12.7 Å². The quantitative estimate of drug-likeness (QED) is 0.798. The zero-order valence-electron chi connectivity index (χ0n) is 9.45. The Morgan fingerprint density at radius 3 is 3.00 bits per heavy atom. The van der Waals surface area contributed by atoms with Gasteiger partial charge in [-0.25, -0.2) is 15.0 Å². The van der Waals surface area contributed by atoms with Crippen molar-refractivity contribution in [1.29, 1.82) is 0 Å². The summed E-state index contributed by atoms with van der Waals surface area (Å²) in [5, 5.41) is 9.17. The second kappa shape index (κ2) is 3.96. The summed E-state index contributed by atoms with van der Waals surface area (Å²) in [5.74, 6) is 0.821. The number of aromatic nitrogens is 4. The van der Waals surface area contributed by atoms with Crippen molar-refractivity contribution in [2.24, 2.45) is 5.92 Å². The maximum absolute atomic E-state index is 9.17. The van der Waals surface area contributed by atoms with E-state index in [1.54, 1.807) is 6.33 Å². The van der Waals surface area contributed by atoms with Crippen molar-refractivity contribution in [3.05, 3.63) is 12.7 Å². The fourth-order valence-electron chi connectivity index (χ4n) is 2.60. The Kier molecular flexibility index (Phi) is 2.44. The zero-order chi connectivity index (χ0) is 11.8. The van der Waals surface area contributed by atoms with Crippen molar-refractivity contribution in [3.63, 3.8) is 0 Å². The minimum Gasteiger partial charge on any atom is -0.396 e. The summed E-state index contributed by atoms with van der Waals surface area (Å²) in [6.07, 6.45) is 6.34. The zero-order valence-corrected chi connectivity index (χ0v) is 9.45. The Bertz CT molecular complexity index is 538. The van der Waals surface area contributed by atoms with Crippen molar-refractivity contribution in [3.8, 4) is 0 Å². The molecule has 1 aliphatic rings. The average molecular weight is 233 g/mol. The highest BCUT2D eigenvalue weighted by Gasteiger charge is 2.26. The lowest BCUT2D eigenvalue weighted by molar-refractivity contribution is 0.226. The summed E-state index contributed by atoms with van der Waals surface area (Å²) in [6, 6.07) is 0.367. The van der Waals surface area contributed by atoms with Crippen LogP contribution in [-0.4, -0.2) is 31.2 Å². The Hall–Kier alpha value is -1.69. The second-order valence-electron chi connectivity index (χ2n) is 4.60. The molecule has 0 spiro atoms. The predicted octanol–water partition coefficient (Wildman–Crippen LogP) is 0.742. The van der Waals surface area contributed by atoms with Crippen molar-refractivity contribution < 1.29 is 5.11 Å². The van der Waals surface area contributed by atoms with Gasteiger partial charge in [0.2, 0.25) is 0 Å². The van der Waals surface area contributed by atoms with Gasteiger partial charge in [0, 0.05) is 12.6 Å². The average Bonchev–Trinajstić information content (AvgIpc) is 2.94. The molecule has 1 unspecified atom stereocenters. The van der Waals surface area contributed by atoms with Crippen LogP contribution < -0.4 is 5.73 Å². The van der Waals surface area contributed by atoms with Crippen molar-refractivity contribution in [1.82, 2.24) is 19.5 Å². The lowest BCUT2D eigenvalue weighted by atomic mass is 10.1. The van der Waals surface area contributed by atoms with Crippen LogP contribution in [0.5, 0.6) is 0 Å². The van der Waals surface area contributed by atoms with E-state index >= 15 is 0 Å². The monoisotopic (exact) mass is 233 g/mol. The first kappa shape index (κ1) is 10.5. The SMILES string of the molecule is Nc1ncnc2c1ncn2C1CC[C@@H](CO)C1. The van der Waals surface area contributed by atoms with Gasteiger partial charge in [0.05, 0.1) is 6.33 Å². The van der Waals surface area contributed by atoms with Crippen LogP contribution in [0, 0.1) is 5.92 Å². The number of anilines is 1. The van der Waals surface area contributed by atoms with Gasteiger partial charge in [-0.1, -0.05) is 0 Å². The lowest BCUT2D eigenvalue weighted by Gasteiger charge is -2.12. The molecule has 2 heterocycles. The molecule has 2 aromatic heterocycles. The molecule has 1 aliphatic carbocycles. The molecule has 6 nitrogen and oxygen atoms in total. The van der Waals surface area contributed by atoms with Crippen LogP contribution in [-0.2, 0) is 0 Å². The van der Waals surface area contributed by atoms with Crippen LogP contribution in [0.3, 0.4) is 0 Å². The van der Waals surface area contributed by atoms with Gasteiger partial charge < -0.3 is 15.4 Å². The standard InChI is InChI=1S/C11H15N5O/c12-10-9-11(14-5-13-10)16(6-15-9)8-2-1-7(3-8)4-17/h5-8,17H,1-4H2,(H2,12,13,14)/t7-,8?/m1/s1. The molecule has 0 radical (unpaired) electrons. The molecular weight excluding hydrogens is 218 g/mol. The van der Waals surface area contributed by atoms with E-state index in [2.05, 4.69) is 19.5 Å². The molecule has 0 bridgehead atoms. The van der Waals surface area contributed by atoms with Gasteiger partial charge in [0.15, 0.2) is 11.5 Å². The van der Waals surface area contributed by atoms with Crippen LogP contribution in [0.4, 0.5) is 5.82 Å². The molecule has 17 heavy (non-hydrogen) atoms. The molecule has 6 heteroatoms. The van der Waals surface area contributed by atoms with Crippen LogP contribution in [0.25, 0.3) is 11.2 Å². The number of hydrogen-bond acceptors (Lipinski definition) is 5. The van der Waals surface area contributed by atoms with E-state index in [1.165, 1.54) is 6.33 Å². The lowest BCUT2D eigenvalue weighted by Crippen LogP contribution is -2.07. The highest BCUT2D eigenvalue weighted by atomic mass is 16.3. The summed E-state index contributed by atoms with van der Waals surface area (Å²) in [7, 11) is 0. The van der Waals surface area contributed by atoms with Crippen molar-refractivity contribution in [2.45, 2.75) is 25.3 Å². The topological polar surface area (TPSA) is 89.9 Å². The van der Waals surface area contributed by atoms with Crippen LogP contribution in [0.1, 0.15) is 25.3 Å². The Labute approximate surface area is 98.5 Å². The number of fused-ring (bicyclic) bond motifs is 1. The van der Waals surface area contributed by atoms with E-state index in [4.69, 9.17) is 10.8 Å². The third-order valence-electron chi connectivity index (χ3n) is 3.55. The Morgan fingerprint density at radius 2 is 2.24 bits per heavy atom. The predicted molar refractivity (Wildman–Crippen MR) is 63.2 cm³/mol. The van der Waals surface area contributed by atoms with Gasteiger partial charge >= 0.3 is 0 Å². The molecule has 0 aromatic carbocycles. The van der Waals surface area contributed by atoms with E-state index in [0.29, 0.717) is 23.3 Å². The summed E-state index contributed by atoms with van der Waals surface area (Å²) >= 11 is 0. The largest absolute Gasteiger partial charge is 0.396 e. The van der Waals surface area contributed by atoms with Gasteiger partial charge in [0.25, 0.3) is 0 Å². The molecule has 90 valence electrons. The Morgan fingerprint density at radius 1 is 1.35 bits per heavy atom. The summed E-state index contributed by atoms with van der Waals surface area (Å²) in [6.45, 7) is 0.264. The van der Waals surface area contributed by atoms with E-state index in [9.17, 15) is 0 Å².